The van der Waals surface area contributed by atoms with Crippen molar-refractivity contribution >= 4 is 29.5 Å². The lowest BCUT2D eigenvalue weighted by molar-refractivity contribution is 0.0575. The smallest absolute Gasteiger partial charge is 0.404 e. The van der Waals surface area contributed by atoms with E-state index in [4.69, 9.17) is 16.7 Å². The van der Waals surface area contributed by atoms with Crippen molar-refractivity contribution in [1.82, 2.24) is 15.2 Å². The van der Waals surface area contributed by atoms with Gasteiger partial charge in [-0.2, -0.15) is 0 Å². The van der Waals surface area contributed by atoms with Crippen LogP contribution in [0.15, 0.2) is 42.6 Å². The van der Waals surface area contributed by atoms with E-state index in [0.717, 1.165) is 4.90 Å². The van der Waals surface area contributed by atoms with E-state index < -0.39 is 23.9 Å². The molecule has 1 aliphatic rings. The van der Waals surface area contributed by atoms with E-state index >= 15 is 0 Å². The molecule has 1 atom stereocenters. The van der Waals surface area contributed by atoms with E-state index in [1.165, 1.54) is 6.20 Å². The van der Waals surface area contributed by atoms with Gasteiger partial charge < -0.3 is 10.4 Å². The maximum atomic E-state index is 12.6. The summed E-state index contributed by atoms with van der Waals surface area (Å²) in [5, 5.41) is 11.5. The number of aromatic nitrogens is 1. The molecule has 0 radical (unpaired) electrons. The molecule has 0 fully saturated rings. The predicted octanol–water partition coefficient (Wildman–Crippen LogP) is 2.34. The van der Waals surface area contributed by atoms with Crippen LogP contribution in [-0.2, 0) is 0 Å². The quantitative estimate of drug-likeness (QED) is 0.828. The molecule has 1 aromatic heterocycles. The molecule has 2 N–H and O–H groups in total. The Morgan fingerprint density at radius 3 is 2.29 bits per heavy atom. The maximum Gasteiger partial charge on any atom is 0.404 e. The van der Waals surface area contributed by atoms with Gasteiger partial charge in [0.25, 0.3) is 11.8 Å². The summed E-state index contributed by atoms with van der Waals surface area (Å²) in [5.74, 6) is -0.964. The minimum Gasteiger partial charge on any atom is -0.465 e. The molecule has 7 nitrogen and oxygen atoms in total. The van der Waals surface area contributed by atoms with Crippen LogP contribution in [0.4, 0.5) is 4.79 Å². The first kappa shape index (κ1) is 15.9. The van der Waals surface area contributed by atoms with Crippen molar-refractivity contribution in [2.24, 2.45) is 0 Å². The molecule has 24 heavy (non-hydrogen) atoms. The molecular weight excluding hydrogens is 334 g/mol. The first-order chi connectivity index (χ1) is 11.5. The Bertz CT molecular complexity index is 787. The van der Waals surface area contributed by atoms with Gasteiger partial charge in [-0.3, -0.25) is 19.5 Å². The highest BCUT2D eigenvalue weighted by atomic mass is 35.5. The van der Waals surface area contributed by atoms with E-state index in [-0.39, 0.29) is 17.7 Å². The van der Waals surface area contributed by atoms with Crippen LogP contribution in [0.3, 0.4) is 0 Å². The van der Waals surface area contributed by atoms with Crippen molar-refractivity contribution in [2.45, 2.75) is 6.04 Å². The summed E-state index contributed by atoms with van der Waals surface area (Å²) in [7, 11) is 0. The average Bonchev–Trinajstić information content (AvgIpc) is 2.82. The Morgan fingerprint density at radius 1 is 1.17 bits per heavy atom. The summed E-state index contributed by atoms with van der Waals surface area (Å²) in [6.07, 6.45) is 0.119. The highest BCUT2D eigenvalue weighted by molar-refractivity contribution is 6.30. The van der Waals surface area contributed by atoms with Gasteiger partial charge in [0.15, 0.2) is 0 Å². The zero-order chi connectivity index (χ0) is 17.3. The van der Waals surface area contributed by atoms with Gasteiger partial charge in [-0.1, -0.05) is 23.7 Å². The van der Waals surface area contributed by atoms with Crippen molar-refractivity contribution in [3.63, 3.8) is 0 Å². The second-order valence-corrected chi connectivity index (χ2v) is 5.57. The van der Waals surface area contributed by atoms with Crippen molar-refractivity contribution in [3.05, 3.63) is 64.4 Å². The summed E-state index contributed by atoms with van der Waals surface area (Å²) in [4.78, 5) is 41.2. The lowest BCUT2D eigenvalue weighted by Crippen LogP contribution is -2.41. The largest absolute Gasteiger partial charge is 0.465 e. The predicted molar refractivity (Wildman–Crippen MR) is 85.0 cm³/mol. The van der Waals surface area contributed by atoms with Crippen LogP contribution >= 0.6 is 11.6 Å². The van der Waals surface area contributed by atoms with Gasteiger partial charge in [-0.15, -0.1) is 0 Å². The topological polar surface area (TPSA) is 99.6 Å². The molecule has 3 amide bonds. The van der Waals surface area contributed by atoms with E-state index in [1.54, 1.807) is 36.4 Å². The number of carboxylic acid groups (broad SMARTS) is 1. The van der Waals surface area contributed by atoms with Crippen molar-refractivity contribution in [1.29, 1.82) is 0 Å². The number of nitrogens with zero attached hydrogens (tertiary/aromatic N) is 2. The SMILES string of the molecule is O=C(O)NCC(c1ccc(Cl)cn1)N1C(=O)c2ccccc2C1=O. The number of hydrogen-bond donors (Lipinski definition) is 2. The zero-order valence-corrected chi connectivity index (χ0v) is 13.0. The van der Waals surface area contributed by atoms with Gasteiger partial charge >= 0.3 is 6.09 Å². The summed E-state index contributed by atoms with van der Waals surface area (Å²) < 4.78 is 0. The minimum absolute atomic E-state index is 0.171. The second kappa shape index (κ2) is 6.29. The highest BCUT2D eigenvalue weighted by Crippen LogP contribution is 2.30. The number of carbonyl (C=O) groups excluding carboxylic acids is 2. The average molecular weight is 346 g/mol. The van der Waals surface area contributed by atoms with E-state index in [1.807, 2.05) is 0 Å². The van der Waals surface area contributed by atoms with Crippen LogP contribution in [0.1, 0.15) is 32.5 Å². The number of carbonyl (C=O) groups is 3. The van der Waals surface area contributed by atoms with Gasteiger partial charge in [-0.05, 0) is 24.3 Å². The van der Waals surface area contributed by atoms with Crippen molar-refractivity contribution in [2.75, 3.05) is 6.54 Å². The lowest BCUT2D eigenvalue weighted by Gasteiger charge is -2.25. The number of halogens is 1. The third kappa shape index (κ3) is 2.81. The van der Waals surface area contributed by atoms with Crippen LogP contribution in [0.5, 0.6) is 0 Å². The molecule has 2 aromatic rings. The number of pyridine rings is 1. The Morgan fingerprint density at radius 2 is 1.79 bits per heavy atom. The first-order valence-electron chi connectivity index (χ1n) is 7.04. The molecule has 1 aromatic carbocycles. The van der Waals surface area contributed by atoms with Gasteiger partial charge in [0.1, 0.15) is 0 Å². The second-order valence-electron chi connectivity index (χ2n) is 5.13. The molecule has 122 valence electrons. The lowest BCUT2D eigenvalue weighted by atomic mass is 10.1. The molecule has 0 spiro atoms. The molecule has 3 rings (SSSR count). The van der Waals surface area contributed by atoms with E-state index in [0.29, 0.717) is 10.7 Å². The third-order valence-electron chi connectivity index (χ3n) is 3.68. The van der Waals surface area contributed by atoms with E-state index in [2.05, 4.69) is 10.3 Å². The fourth-order valence-corrected chi connectivity index (χ4v) is 2.70. The number of fused-ring (bicyclic) bond motifs is 1. The summed E-state index contributed by atoms with van der Waals surface area (Å²) in [6, 6.07) is 8.71. The number of nitrogens with one attached hydrogen (secondary N) is 1. The molecule has 0 saturated carbocycles. The third-order valence-corrected chi connectivity index (χ3v) is 3.90. The fraction of sp³-hybridized carbons (Fsp3) is 0.125. The molecule has 1 aliphatic heterocycles. The summed E-state index contributed by atoms with van der Waals surface area (Å²) in [5.41, 5.74) is 0.941. The molecule has 0 aliphatic carbocycles. The molecule has 0 saturated heterocycles. The molecule has 0 bridgehead atoms. The van der Waals surface area contributed by atoms with Crippen molar-refractivity contribution < 1.29 is 19.5 Å². The fourth-order valence-electron chi connectivity index (χ4n) is 2.59. The summed E-state index contributed by atoms with van der Waals surface area (Å²) >= 11 is 5.81. The number of rotatable bonds is 4. The molecular formula is C16H12ClN3O4. The molecule has 1 unspecified atom stereocenters. The van der Waals surface area contributed by atoms with Gasteiger partial charge in [-0.25, -0.2) is 4.79 Å². The number of imide groups is 1. The molecule has 2 heterocycles. The van der Waals surface area contributed by atoms with Crippen LogP contribution < -0.4 is 5.32 Å². The van der Waals surface area contributed by atoms with Crippen molar-refractivity contribution in [3.8, 4) is 0 Å². The van der Waals surface area contributed by atoms with Crippen LogP contribution in [0, 0.1) is 0 Å². The van der Waals surface area contributed by atoms with Crippen LogP contribution in [0.25, 0.3) is 0 Å². The Labute approximate surface area is 141 Å². The highest BCUT2D eigenvalue weighted by Gasteiger charge is 2.40. The summed E-state index contributed by atoms with van der Waals surface area (Å²) in [6.45, 7) is -0.171. The van der Waals surface area contributed by atoms with Gasteiger partial charge in [0, 0.05) is 12.7 Å². The Balaban J connectivity index is 2.00. The number of amides is 3. The Hall–Kier alpha value is -2.93. The van der Waals surface area contributed by atoms with E-state index in [9.17, 15) is 14.4 Å². The van der Waals surface area contributed by atoms with Crippen LogP contribution in [0.2, 0.25) is 5.02 Å². The Kier molecular flexibility index (Phi) is 4.18. The monoisotopic (exact) mass is 345 g/mol. The van der Waals surface area contributed by atoms with Crippen LogP contribution in [-0.4, -0.2) is 39.4 Å². The zero-order valence-electron chi connectivity index (χ0n) is 12.3. The number of hydrogen-bond acceptors (Lipinski definition) is 4. The normalized spacial score (nSPS) is 14.5. The minimum atomic E-state index is -1.26. The molecule has 8 heteroatoms. The maximum absolute atomic E-state index is 12.6. The first-order valence-corrected chi connectivity index (χ1v) is 7.42. The van der Waals surface area contributed by atoms with Gasteiger partial charge in [0.05, 0.1) is 27.9 Å². The number of benzene rings is 1. The van der Waals surface area contributed by atoms with Gasteiger partial charge in [0.2, 0.25) is 0 Å². The standard InChI is InChI=1S/C16H12ClN3O4/c17-9-5-6-12(18-7-9)13(8-19-16(23)24)20-14(21)10-3-1-2-4-11(10)15(20)22/h1-7,13,19H,8H2,(H,23,24).